The van der Waals surface area contributed by atoms with Crippen LogP contribution in [0.15, 0.2) is 17.2 Å². The number of pyridine rings is 1. The second kappa shape index (κ2) is 3.48. The molecule has 0 aliphatic heterocycles. The quantitative estimate of drug-likeness (QED) is 0.740. The summed E-state index contributed by atoms with van der Waals surface area (Å²) in [6, 6.07) is 0. The molecule has 1 heterocycles. The summed E-state index contributed by atoms with van der Waals surface area (Å²) in [5.41, 5.74) is 0.470. The van der Waals surface area contributed by atoms with Crippen molar-refractivity contribution in [2.24, 2.45) is 12.5 Å². The van der Waals surface area contributed by atoms with Crippen LogP contribution in [-0.2, 0) is 13.5 Å². The van der Waals surface area contributed by atoms with E-state index in [1.807, 2.05) is 0 Å². The Morgan fingerprint density at radius 1 is 1.36 bits per heavy atom. The highest BCUT2D eigenvalue weighted by atomic mass is 16.3. The molecule has 0 aliphatic rings. The highest BCUT2D eigenvalue weighted by Crippen LogP contribution is 2.19. The van der Waals surface area contributed by atoms with Crippen LogP contribution < -0.4 is 5.43 Å². The van der Waals surface area contributed by atoms with Gasteiger partial charge in [-0.15, -0.1) is 0 Å². The fourth-order valence-corrected chi connectivity index (χ4v) is 1.45. The lowest BCUT2D eigenvalue weighted by molar-refractivity contribution is 0.404. The largest absolute Gasteiger partial charge is 0.503 e. The fraction of sp³-hybridized carbons (Fsp3) is 0.545. The Labute approximate surface area is 84.0 Å². The minimum atomic E-state index is -0.252. The molecule has 1 N–H and O–H groups in total. The smallest absolute Gasteiger partial charge is 0.226 e. The molecule has 78 valence electrons. The number of hydrogen-bond acceptors (Lipinski definition) is 2. The zero-order valence-corrected chi connectivity index (χ0v) is 9.16. The van der Waals surface area contributed by atoms with Gasteiger partial charge in [0, 0.05) is 25.0 Å². The van der Waals surface area contributed by atoms with E-state index in [4.69, 9.17) is 0 Å². The van der Waals surface area contributed by atoms with Crippen LogP contribution in [0.3, 0.4) is 0 Å². The first kappa shape index (κ1) is 10.8. The van der Waals surface area contributed by atoms with Crippen LogP contribution in [0.5, 0.6) is 5.75 Å². The van der Waals surface area contributed by atoms with Crippen LogP contribution in [0, 0.1) is 5.41 Å². The Morgan fingerprint density at radius 3 is 2.43 bits per heavy atom. The highest BCUT2D eigenvalue weighted by Gasteiger charge is 2.15. The summed E-state index contributed by atoms with van der Waals surface area (Å²) in [5, 5.41) is 9.34. The van der Waals surface area contributed by atoms with Gasteiger partial charge in [-0.2, -0.15) is 0 Å². The molecular weight excluding hydrogens is 178 g/mol. The van der Waals surface area contributed by atoms with E-state index in [9.17, 15) is 9.90 Å². The minimum absolute atomic E-state index is 0.0555. The van der Waals surface area contributed by atoms with Crippen LogP contribution in [-0.4, -0.2) is 9.67 Å². The molecule has 0 aliphatic carbocycles. The lowest BCUT2D eigenvalue weighted by Gasteiger charge is -2.18. The van der Waals surface area contributed by atoms with Crippen molar-refractivity contribution < 1.29 is 5.11 Å². The summed E-state index contributed by atoms with van der Waals surface area (Å²) in [5.74, 6) is -0.172. The number of rotatable bonds is 1. The van der Waals surface area contributed by atoms with Gasteiger partial charge in [0.25, 0.3) is 0 Å². The predicted octanol–water partition coefficient (Wildman–Crippen LogP) is 1.68. The molecular formula is C11H17NO2. The van der Waals surface area contributed by atoms with E-state index < -0.39 is 0 Å². The average Bonchev–Trinajstić information content (AvgIpc) is 1.96. The number of aromatic nitrogens is 1. The van der Waals surface area contributed by atoms with E-state index in [0.717, 1.165) is 0 Å². The summed E-state index contributed by atoms with van der Waals surface area (Å²) in [7, 11) is 1.80. The summed E-state index contributed by atoms with van der Waals surface area (Å²) in [4.78, 5) is 11.5. The van der Waals surface area contributed by atoms with E-state index in [1.165, 1.54) is 6.20 Å². The van der Waals surface area contributed by atoms with E-state index in [2.05, 4.69) is 20.8 Å². The maximum absolute atomic E-state index is 11.5. The minimum Gasteiger partial charge on any atom is -0.503 e. The molecule has 0 atom stereocenters. The lowest BCUT2D eigenvalue weighted by atomic mass is 9.88. The molecule has 0 amide bonds. The van der Waals surface area contributed by atoms with Crippen molar-refractivity contribution in [1.29, 1.82) is 0 Å². The van der Waals surface area contributed by atoms with Gasteiger partial charge in [-0.1, -0.05) is 20.8 Å². The summed E-state index contributed by atoms with van der Waals surface area (Å²) >= 11 is 0. The molecule has 0 saturated carbocycles. The first-order valence-electron chi connectivity index (χ1n) is 4.68. The van der Waals surface area contributed by atoms with Gasteiger partial charge in [0.05, 0.1) is 0 Å². The van der Waals surface area contributed by atoms with Gasteiger partial charge in [-0.25, -0.2) is 0 Å². The number of aryl methyl sites for hydroxylation is 1. The molecule has 0 fully saturated rings. The van der Waals surface area contributed by atoms with Crippen molar-refractivity contribution in [2.75, 3.05) is 0 Å². The Hall–Kier alpha value is -1.25. The fourth-order valence-electron chi connectivity index (χ4n) is 1.45. The normalized spacial score (nSPS) is 11.7. The van der Waals surface area contributed by atoms with Crippen molar-refractivity contribution in [3.8, 4) is 5.75 Å². The third-order valence-electron chi connectivity index (χ3n) is 1.93. The first-order valence-corrected chi connectivity index (χ1v) is 4.68. The molecule has 14 heavy (non-hydrogen) atoms. The van der Waals surface area contributed by atoms with Gasteiger partial charge < -0.3 is 9.67 Å². The highest BCUT2D eigenvalue weighted by molar-refractivity contribution is 5.24. The molecule has 0 unspecified atom stereocenters. The second-order valence-electron chi connectivity index (χ2n) is 4.90. The van der Waals surface area contributed by atoms with Gasteiger partial charge in [0.15, 0.2) is 5.75 Å². The van der Waals surface area contributed by atoms with E-state index in [1.54, 1.807) is 17.8 Å². The number of hydrogen-bond donors (Lipinski definition) is 1. The molecule has 0 saturated heterocycles. The maximum atomic E-state index is 11.5. The van der Waals surface area contributed by atoms with Crippen LogP contribution in [0.25, 0.3) is 0 Å². The van der Waals surface area contributed by atoms with E-state index in [-0.39, 0.29) is 16.6 Å². The molecule has 3 heteroatoms. The van der Waals surface area contributed by atoms with Crippen molar-refractivity contribution >= 4 is 0 Å². The van der Waals surface area contributed by atoms with Gasteiger partial charge >= 0.3 is 0 Å². The van der Waals surface area contributed by atoms with Gasteiger partial charge in [0.2, 0.25) is 5.43 Å². The zero-order valence-electron chi connectivity index (χ0n) is 9.16. The second-order valence-corrected chi connectivity index (χ2v) is 4.90. The van der Waals surface area contributed by atoms with Gasteiger partial charge in [-0.05, 0) is 11.8 Å². The lowest BCUT2D eigenvalue weighted by Crippen LogP contribution is -2.18. The third-order valence-corrected chi connectivity index (χ3v) is 1.93. The van der Waals surface area contributed by atoms with Crippen LogP contribution in [0.1, 0.15) is 26.3 Å². The number of nitrogens with zero attached hydrogens (tertiary/aromatic N) is 1. The molecule has 0 spiro atoms. The van der Waals surface area contributed by atoms with Crippen molar-refractivity contribution in [1.82, 2.24) is 4.57 Å². The summed E-state index contributed by atoms with van der Waals surface area (Å²) < 4.78 is 1.71. The Kier molecular flexibility index (Phi) is 2.69. The summed E-state index contributed by atoms with van der Waals surface area (Å²) in [6.07, 6.45) is 3.87. The number of aromatic hydroxyl groups is 1. The summed E-state index contributed by atoms with van der Waals surface area (Å²) in [6.45, 7) is 6.20. The SMILES string of the molecule is Cn1cc(O)c(=O)c(CC(C)(C)C)c1. The molecule has 1 rings (SSSR count). The first-order chi connectivity index (χ1) is 6.29. The van der Waals surface area contributed by atoms with Crippen molar-refractivity contribution in [3.63, 3.8) is 0 Å². The average molecular weight is 195 g/mol. The Morgan fingerprint density at radius 2 is 1.93 bits per heavy atom. The molecule has 3 nitrogen and oxygen atoms in total. The van der Waals surface area contributed by atoms with Crippen molar-refractivity contribution in [2.45, 2.75) is 27.2 Å². The van der Waals surface area contributed by atoms with Crippen molar-refractivity contribution in [3.05, 3.63) is 28.2 Å². The zero-order chi connectivity index (χ0) is 10.9. The Balaban J connectivity index is 3.16. The predicted molar refractivity (Wildman–Crippen MR) is 56.5 cm³/mol. The molecule has 0 aromatic carbocycles. The molecule has 1 aromatic rings. The monoisotopic (exact) mass is 195 g/mol. The van der Waals surface area contributed by atoms with Crippen LogP contribution in [0.4, 0.5) is 0 Å². The van der Waals surface area contributed by atoms with E-state index in [0.29, 0.717) is 12.0 Å². The molecule has 1 aromatic heterocycles. The molecule has 0 bridgehead atoms. The Bertz CT molecular complexity index is 385. The standard InChI is InChI=1S/C11H17NO2/c1-11(2,3)5-8-6-12(4)7-9(13)10(8)14/h6-7,13H,5H2,1-4H3. The van der Waals surface area contributed by atoms with Gasteiger partial charge in [-0.3, -0.25) is 4.79 Å². The molecule has 0 radical (unpaired) electrons. The van der Waals surface area contributed by atoms with Crippen LogP contribution in [0.2, 0.25) is 0 Å². The maximum Gasteiger partial charge on any atom is 0.226 e. The van der Waals surface area contributed by atoms with Gasteiger partial charge in [0.1, 0.15) is 0 Å². The topological polar surface area (TPSA) is 42.2 Å². The van der Waals surface area contributed by atoms with E-state index >= 15 is 0 Å². The third kappa shape index (κ3) is 2.62. The van der Waals surface area contributed by atoms with Crippen LogP contribution >= 0.6 is 0 Å².